The standard InChI is InChI=1S/C14H23NO/c1-10-2-3-11(6-10)9-15-12-4-5-13(15)8-14(16)7-12/h10-13H,2-9H2,1H3. The predicted molar refractivity (Wildman–Crippen MR) is 64.3 cm³/mol. The van der Waals surface area contributed by atoms with E-state index >= 15 is 0 Å². The normalized spacial score (nSPS) is 44.2. The number of carbonyl (C=O) groups is 1. The second-order valence-corrected chi connectivity index (χ2v) is 6.31. The molecule has 3 fully saturated rings. The Morgan fingerprint density at radius 1 is 1.12 bits per heavy atom. The zero-order valence-electron chi connectivity index (χ0n) is 10.3. The number of ketones is 1. The summed E-state index contributed by atoms with van der Waals surface area (Å²) in [7, 11) is 0. The summed E-state index contributed by atoms with van der Waals surface area (Å²) < 4.78 is 0. The molecule has 0 N–H and O–H groups in total. The van der Waals surface area contributed by atoms with Crippen LogP contribution in [-0.4, -0.2) is 29.3 Å². The molecule has 2 aliphatic heterocycles. The molecule has 2 nitrogen and oxygen atoms in total. The Morgan fingerprint density at radius 2 is 1.81 bits per heavy atom. The smallest absolute Gasteiger partial charge is 0.136 e. The Hall–Kier alpha value is -0.370. The minimum atomic E-state index is 0.517. The monoisotopic (exact) mass is 221 g/mol. The fourth-order valence-electron chi connectivity index (χ4n) is 4.15. The quantitative estimate of drug-likeness (QED) is 0.714. The van der Waals surface area contributed by atoms with Gasteiger partial charge in [0.15, 0.2) is 0 Å². The van der Waals surface area contributed by atoms with Gasteiger partial charge in [0.1, 0.15) is 5.78 Å². The lowest BCUT2D eigenvalue weighted by Gasteiger charge is -2.35. The highest BCUT2D eigenvalue weighted by atomic mass is 16.1. The lowest BCUT2D eigenvalue weighted by atomic mass is 9.98. The molecule has 3 rings (SSSR count). The van der Waals surface area contributed by atoms with Crippen molar-refractivity contribution in [3.63, 3.8) is 0 Å². The SMILES string of the molecule is CC1CCC(CN2C3CCC2CC(=O)C3)C1. The summed E-state index contributed by atoms with van der Waals surface area (Å²) in [6.45, 7) is 3.67. The molecule has 2 heteroatoms. The number of hydrogen-bond donors (Lipinski definition) is 0. The van der Waals surface area contributed by atoms with Gasteiger partial charge in [-0.05, 0) is 37.5 Å². The zero-order chi connectivity index (χ0) is 11.1. The van der Waals surface area contributed by atoms with Crippen LogP contribution in [0.2, 0.25) is 0 Å². The molecule has 4 atom stereocenters. The summed E-state index contributed by atoms with van der Waals surface area (Å²) in [6.07, 6.45) is 8.51. The van der Waals surface area contributed by atoms with Crippen LogP contribution in [0.3, 0.4) is 0 Å². The first-order chi connectivity index (χ1) is 7.72. The molecule has 1 aliphatic carbocycles. The largest absolute Gasteiger partial charge is 0.300 e. The third-order valence-corrected chi connectivity index (χ3v) is 4.97. The van der Waals surface area contributed by atoms with Gasteiger partial charge in [-0.2, -0.15) is 0 Å². The predicted octanol–water partition coefficient (Wildman–Crippen LogP) is 2.62. The van der Waals surface area contributed by atoms with E-state index in [1.54, 1.807) is 0 Å². The van der Waals surface area contributed by atoms with Crippen molar-refractivity contribution in [2.75, 3.05) is 6.54 Å². The van der Waals surface area contributed by atoms with Gasteiger partial charge >= 0.3 is 0 Å². The Bertz CT molecular complexity index is 272. The summed E-state index contributed by atoms with van der Waals surface area (Å²) >= 11 is 0. The maximum absolute atomic E-state index is 11.5. The van der Waals surface area contributed by atoms with Gasteiger partial charge in [-0.1, -0.05) is 13.3 Å². The molecule has 3 aliphatic rings. The van der Waals surface area contributed by atoms with Crippen LogP contribution in [0.15, 0.2) is 0 Å². The highest BCUT2D eigenvalue weighted by Crippen LogP contribution is 2.38. The lowest BCUT2D eigenvalue weighted by Crippen LogP contribution is -2.45. The average Bonchev–Trinajstić information content (AvgIpc) is 2.72. The number of rotatable bonds is 2. The van der Waals surface area contributed by atoms with Crippen molar-refractivity contribution in [2.24, 2.45) is 11.8 Å². The van der Waals surface area contributed by atoms with Crippen molar-refractivity contribution in [3.05, 3.63) is 0 Å². The Balaban J connectivity index is 1.61. The first-order valence-electron chi connectivity index (χ1n) is 7.00. The van der Waals surface area contributed by atoms with E-state index in [9.17, 15) is 4.79 Å². The molecule has 1 saturated carbocycles. The molecule has 90 valence electrons. The summed E-state index contributed by atoms with van der Waals surface area (Å²) in [5.41, 5.74) is 0. The third-order valence-electron chi connectivity index (χ3n) is 4.97. The van der Waals surface area contributed by atoms with Crippen molar-refractivity contribution in [3.8, 4) is 0 Å². The van der Waals surface area contributed by atoms with E-state index in [4.69, 9.17) is 0 Å². The topological polar surface area (TPSA) is 20.3 Å². The van der Waals surface area contributed by atoms with Gasteiger partial charge in [-0.3, -0.25) is 9.69 Å². The summed E-state index contributed by atoms with van der Waals surface area (Å²) in [6, 6.07) is 1.23. The van der Waals surface area contributed by atoms with E-state index in [1.807, 2.05) is 0 Å². The number of piperidine rings is 1. The van der Waals surface area contributed by atoms with Crippen LogP contribution in [0.4, 0.5) is 0 Å². The molecule has 0 aromatic rings. The first-order valence-corrected chi connectivity index (χ1v) is 7.00. The molecule has 0 aromatic heterocycles. The maximum Gasteiger partial charge on any atom is 0.136 e. The number of fused-ring (bicyclic) bond motifs is 2. The van der Waals surface area contributed by atoms with Crippen LogP contribution in [0.25, 0.3) is 0 Å². The fourth-order valence-corrected chi connectivity index (χ4v) is 4.15. The molecule has 0 aromatic carbocycles. The Kier molecular flexibility index (Phi) is 2.78. The molecule has 0 spiro atoms. The third kappa shape index (κ3) is 1.92. The minimum absolute atomic E-state index is 0.517. The van der Waals surface area contributed by atoms with Crippen molar-refractivity contribution in [1.29, 1.82) is 0 Å². The fraction of sp³-hybridized carbons (Fsp3) is 0.929. The second-order valence-electron chi connectivity index (χ2n) is 6.31. The lowest BCUT2D eigenvalue weighted by molar-refractivity contribution is -0.123. The van der Waals surface area contributed by atoms with Crippen molar-refractivity contribution < 1.29 is 4.79 Å². The van der Waals surface area contributed by atoms with Crippen LogP contribution in [0.1, 0.15) is 51.9 Å². The van der Waals surface area contributed by atoms with Gasteiger partial charge in [-0.15, -0.1) is 0 Å². The molecule has 0 radical (unpaired) electrons. The van der Waals surface area contributed by atoms with Gasteiger partial charge in [0, 0.05) is 31.5 Å². The molecule has 0 amide bonds. The van der Waals surface area contributed by atoms with Gasteiger partial charge < -0.3 is 0 Å². The molecular formula is C14H23NO. The highest BCUT2D eigenvalue weighted by molar-refractivity contribution is 5.80. The van der Waals surface area contributed by atoms with E-state index in [2.05, 4.69) is 11.8 Å². The first kappa shape index (κ1) is 10.8. The van der Waals surface area contributed by atoms with Crippen LogP contribution < -0.4 is 0 Å². The van der Waals surface area contributed by atoms with Crippen LogP contribution in [-0.2, 0) is 4.79 Å². The van der Waals surface area contributed by atoms with Crippen molar-refractivity contribution >= 4 is 5.78 Å². The van der Waals surface area contributed by atoms with Crippen molar-refractivity contribution in [1.82, 2.24) is 4.90 Å². The van der Waals surface area contributed by atoms with Crippen LogP contribution in [0.5, 0.6) is 0 Å². The number of nitrogens with zero attached hydrogens (tertiary/aromatic N) is 1. The van der Waals surface area contributed by atoms with E-state index in [0.717, 1.165) is 24.7 Å². The molecular weight excluding hydrogens is 198 g/mol. The Morgan fingerprint density at radius 3 is 2.38 bits per heavy atom. The zero-order valence-corrected chi connectivity index (χ0v) is 10.3. The molecule has 2 bridgehead atoms. The van der Waals surface area contributed by atoms with E-state index < -0.39 is 0 Å². The number of hydrogen-bond acceptors (Lipinski definition) is 2. The van der Waals surface area contributed by atoms with Gasteiger partial charge in [0.05, 0.1) is 0 Å². The van der Waals surface area contributed by atoms with Gasteiger partial charge in [-0.25, -0.2) is 0 Å². The van der Waals surface area contributed by atoms with E-state index in [1.165, 1.54) is 38.6 Å². The number of carbonyl (C=O) groups excluding carboxylic acids is 1. The van der Waals surface area contributed by atoms with E-state index in [0.29, 0.717) is 17.9 Å². The Labute approximate surface area is 98.4 Å². The minimum Gasteiger partial charge on any atom is -0.300 e. The number of Topliss-reactive ketones (excluding diaryl/α,β-unsaturated/α-hetero) is 1. The summed E-state index contributed by atoms with van der Waals surface area (Å²) in [4.78, 5) is 14.2. The van der Waals surface area contributed by atoms with Crippen LogP contribution >= 0.6 is 0 Å². The second kappa shape index (κ2) is 4.14. The van der Waals surface area contributed by atoms with Gasteiger partial charge in [0.2, 0.25) is 0 Å². The summed E-state index contributed by atoms with van der Waals surface area (Å²) in [5.74, 6) is 2.38. The molecule has 2 saturated heterocycles. The maximum atomic E-state index is 11.5. The molecule has 4 unspecified atom stereocenters. The highest BCUT2D eigenvalue weighted by Gasteiger charge is 2.41. The molecule has 16 heavy (non-hydrogen) atoms. The van der Waals surface area contributed by atoms with Crippen molar-refractivity contribution in [2.45, 2.75) is 64.0 Å². The molecule has 2 heterocycles. The van der Waals surface area contributed by atoms with Gasteiger partial charge in [0.25, 0.3) is 0 Å². The summed E-state index contributed by atoms with van der Waals surface area (Å²) in [5, 5.41) is 0. The average molecular weight is 221 g/mol. The van der Waals surface area contributed by atoms with Crippen LogP contribution in [0, 0.1) is 11.8 Å². The van der Waals surface area contributed by atoms with E-state index in [-0.39, 0.29) is 0 Å².